The van der Waals surface area contributed by atoms with Crippen LogP contribution in [0.3, 0.4) is 0 Å². The molecule has 0 spiro atoms. The molecule has 1 aliphatic carbocycles. The molecule has 2 rings (SSSR count). The smallest absolute Gasteiger partial charge is 0.181 e. The average molecular weight is 288 g/mol. The van der Waals surface area contributed by atoms with Gasteiger partial charge in [0.05, 0.1) is 0 Å². The van der Waals surface area contributed by atoms with Crippen LogP contribution in [0.4, 0.5) is 5.82 Å². The van der Waals surface area contributed by atoms with Gasteiger partial charge in [0.25, 0.3) is 0 Å². The molecule has 3 heteroatoms. The molecule has 1 aromatic rings. The molecular formula is C18H28N2O. The molecule has 0 aliphatic heterocycles. The Labute approximate surface area is 128 Å². The maximum atomic E-state index is 12.3. The van der Waals surface area contributed by atoms with Crippen molar-refractivity contribution in [2.75, 3.05) is 5.32 Å². The Bertz CT molecular complexity index is 515. The van der Waals surface area contributed by atoms with Crippen molar-refractivity contribution in [1.29, 1.82) is 0 Å². The zero-order valence-corrected chi connectivity index (χ0v) is 13.9. The molecule has 3 nitrogen and oxygen atoms in total. The van der Waals surface area contributed by atoms with E-state index in [9.17, 15) is 4.79 Å². The number of nitrogens with zero attached hydrogens (tertiary/aromatic N) is 1. The number of aromatic nitrogens is 1. The summed E-state index contributed by atoms with van der Waals surface area (Å²) in [5, 5.41) is 3.50. The van der Waals surface area contributed by atoms with Gasteiger partial charge in [-0.05, 0) is 70.1 Å². The van der Waals surface area contributed by atoms with Crippen LogP contribution in [0.15, 0.2) is 6.07 Å². The normalized spacial score (nSPS) is 14.7. The fourth-order valence-corrected chi connectivity index (χ4v) is 2.81. The Morgan fingerprint density at radius 1 is 1.29 bits per heavy atom. The lowest BCUT2D eigenvalue weighted by atomic mass is 9.90. The van der Waals surface area contributed by atoms with Crippen LogP contribution in [0, 0.1) is 0 Å². The van der Waals surface area contributed by atoms with Gasteiger partial charge in [0, 0.05) is 12.0 Å². The highest BCUT2D eigenvalue weighted by Gasteiger charge is 2.21. The Morgan fingerprint density at radius 2 is 2.00 bits per heavy atom. The highest BCUT2D eigenvalue weighted by atomic mass is 16.1. The predicted molar refractivity (Wildman–Crippen MR) is 88.1 cm³/mol. The lowest BCUT2D eigenvalue weighted by molar-refractivity contribution is 0.0975. The van der Waals surface area contributed by atoms with Gasteiger partial charge >= 0.3 is 0 Å². The molecule has 0 bridgehead atoms. The molecule has 1 N–H and O–H groups in total. The monoisotopic (exact) mass is 288 g/mol. The molecule has 0 fully saturated rings. The van der Waals surface area contributed by atoms with Crippen molar-refractivity contribution in [3.63, 3.8) is 0 Å². The van der Waals surface area contributed by atoms with E-state index in [-0.39, 0.29) is 11.3 Å². The first-order chi connectivity index (χ1) is 9.90. The number of ketones is 1. The number of hydrogen-bond acceptors (Lipinski definition) is 3. The van der Waals surface area contributed by atoms with Crippen LogP contribution in [0.25, 0.3) is 0 Å². The minimum atomic E-state index is -0.0384. The van der Waals surface area contributed by atoms with Gasteiger partial charge in [-0.2, -0.15) is 0 Å². The van der Waals surface area contributed by atoms with Gasteiger partial charge in [0.15, 0.2) is 5.78 Å². The molecule has 0 radical (unpaired) electrons. The van der Waals surface area contributed by atoms with E-state index in [0.29, 0.717) is 12.1 Å². The van der Waals surface area contributed by atoms with E-state index >= 15 is 0 Å². The van der Waals surface area contributed by atoms with E-state index < -0.39 is 0 Å². The van der Waals surface area contributed by atoms with Crippen molar-refractivity contribution in [3.8, 4) is 0 Å². The summed E-state index contributed by atoms with van der Waals surface area (Å²) in [6, 6.07) is 2.04. The van der Waals surface area contributed by atoms with Crippen molar-refractivity contribution >= 4 is 11.6 Å². The Kier molecular flexibility index (Phi) is 5.02. The molecule has 0 atom stereocenters. The Balaban J connectivity index is 2.35. The van der Waals surface area contributed by atoms with Crippen LogP contribution in [0.5, 0.6) is 0 Å². The van der Waals surface area contributed by atoms with Crippen LogP contribution >= 0.6 is 0 Å². The second-order valence-corrected chi connectivity index (χ2v) is 7.10. The molecule has 0 aromatic carbocycles. The number of hydrogen-bond donors (Lipinski definition) is 1. The van der Waals surface area contributed by atoms with Gasteiger partial charge in [-0.25, -0.2) is 4.98 Å². The van der Waals surface area contributed by atoms with Crippen LogP contribution in [0.2, 0.25) is 0 Å². The molecule has 1 heterocycles. The number of aryl methyl sites for hydroxylation is 1. The fourth-order valence-electron chi connectivity index (χ4n) is 2.81. The molecule has 21 heavy (non-hydrogen) atoms. The van der Waals surface area contributed by atoms with E-state index in [2.05, 4.69) is 38.0 Å². The van der Waals surface area contributed by atoms with Gasteiger partial charge in [-0.1, -0.05) is 13.3 Å². The molecule has 1 aliphatic rings. The van der Waals surface area contributed by atoms with E-state index in [1.165, 1.54) is 24.0 Å². The van der Waals surface area contributed by atoms with E-state index in [1.54, 1.807) is 0 Å². The minimum absolute atomic E-state index is 0.0384. The zero-order valence-electron chi connectivity index (χ0n) is 13.9. The van der Waals surface area contributed by atoms with Gasteiger partial charge in [-0.15, -0.1) is 0 Å². The topological polar surface area (TPSA) is 42.0 Å². The highest BCUT2D eigenvalue weighted by molar-refractivity contribution is 5.95. The third-order valence-corrected chi connectivity index (χ3v) is 3.88. The largest absolute Gasteiger partial charge is 0.365 e. The van der Waals surface area contributed by atoms with E-state index in [4.69, 9.17) is 0 Å². The van der Waals surface area contributed by atoms with Crippen LogP contribution < -0.4 is 5.32 Å². The average Bonchev–Trinajstić information content (AvgIpc) is 2.43. The van der Waals surface area contributed by atoms with Gasteiger partial charge in [0.2, 0.25) is 0 Å². The molecule has 0 saturated carbocycles. The van der Waals surface area contributed by atoms with E-state index in [1.807, 2.05) is 6.07 Å². The molecule has 0 saturated heterocycles. The van der Waals surface area contributed by atoms with Crippen LogP contribution in [-0.4, -0.2) is 16.3 Å². The Hall–Kier alpha value is -1.38. The van der Waals surface area contributed by atoms with Gasteiger partial charge < -0.3 is 5.32 Å². The molecule has 1 aromatic heterocycles. The number of nitrogens with one attached hydrogen (secondary N) is 1. The summed E-state index contributed by atoms with van der Waals surface area (Å²) in [6.45, 7) is 8.51. The standard InChI is InChI=1S/C18H28N2O/c1-5-6-11-16(21)15-12-13-9-7-8-10-14(13)17(19-15)20-18(2,3)4/h12H,5-11H2,1-4H3,(H,19,20). The van der Waals surface area contributed by atoms with Crippen molar-refractivity contribution in [2.24, 2.45) is 0 Å². The first kappa shape index (κ1) is 16.0. The maximum Gasteiger partial charge on any atom is 0.181 e. The fraction of sp³-hybridized carbons (Fsp3) is 0.667. The summed E-state index contributed by atoms with van der Waals surface area (Å²) in [5.74, 6) is 1.11. The summed E-state index contributed by atoms with van der Waals surface area (Å²) < 4.78 is 0. The number of unbranched alkanes of at least 4 members (excludes halogenated alkanes) is 1. The van der Waals surface area contributed by atoms with Gasteiger partial charge in [0.1, 0.15) is 11.5 Å². The van der Waals surface area contributed by atoms with Gasteiger partial charge in [-0.3, -0.25) is 4.79 Å². The zero-order chi connectivity index (χ0) is 15.5. The van der Waals surface area contributed by atoms with Crippen molar-refractivity contribution in [3.05, 3.63) is 22.9 Å². The number of Topliss-reactive ketones (excluding diaryl/α,β-unsaturated/α-hetero) is 1. The molecular weight excluding hydrogens is 260 g/mol. The number of carbonyl (C=O) groups excluding carboxylic acids is 1. The second-order valence-electron chi connectivity index (χ2n) is 7.10. The first-order valence-corrected chi connectivity index (χ1v) is 8.25. The summed E-state index contributed by atoms with van der Waals surface area (Å²) in [7, 11) is 0. The summed E-state index contributed by atoms with van der Waals surface area (Å²) in [6.07, 6.45) is 7.18. The molecule has 0 amide bonds. The quantitative estimate of drug-likeness (QED) is 0.809. The number of anilines is 1. The first-order valence-electron chi connectivity index (χ1n) is 8.25. The third-order valence-electron chi connectivity index (χ3n) is 3.88. The Morgan fingerprint density at radius 3 is 2.67 bits per heavy atom. The number of fused-ring (bicyclic) bond motifs is 1. The number of pyridine rings is 1. The van der Waals surface area contributed by atoms with Crippen molar-refractivity contribution in [1.82, 2.24) is 4.98 Å². The second kappa shape index (κ2) is 6.59. The van der Waals surface area contributed by atoms with Crippen molar-refractivity contribution < 1.29 is 4.79 Å². The third kappa shape index (κ3) is 4.29. The lowest BCUT2D eigenvalue weighted by Gasteiger charge is -2.26. The predicted octanol–water partition coefficient (Wildman–Crippen LogP) is 4.54. The van der Waals surface area contributed by atoms with Crippen LogP contribution in [-0.2, 0) is 12.8 Å². The number of carbonyl (C=O) groups is 1. The van der Waals surface area contributed by atoms with Crippen molar-refractivity contribution in [2.45, 2.75) is 78.2 Å². The summed E-state index contributed by atoms with van der Waals surface area (Å²) >= 11 is 0. The SMILES string of the molecule is CCCCC(=O)c1cc2c(c(NC(C)(C)C)n1)CCCC2. The summed E-state index contributed by atoms with van der Waals surface area (Å²) in [5.41, 5.74) is 3.26. The minimum Gasteiger partial charge on any atom is -0.365 e. The lowest BCUT2D eigenvalue weighted by Crippen LogP contribution is -2.28. The summed E-state index contributed by atoms with van der Waals surface area (Å²) in [4.78, 5) is 17.0. The number of rotatable bonds is 5. The highest BCUT2D eigenvalue weighted by Crippen LogP contribution is 2.29. The van der Waals surface area contributed by atoms with Crippen LogP contribution in [0.1, 0.15) is 81.4 Å². The molecule has 116 valence electrons. The van der Waals surface area contributed by atoms with E-state index in [0.717, 1.165) is 31.5 Å². The maximum absolute atomic E-state index is 12.3. The molecule has 0 unspecified atom stereocenters.